The molecule has 0 heterocycles. The van der Waals surface area contributed by atoms with Crippen molar-refractivity contribution in [2.24, 2.45) is 5.92 Å². The molecule has 0 aliphatic rings. The Morgan fingerprint density at radius 3 is 2.46 bits per heavy atom. The van der Waals surface area contributed by atoms with Gasteiger partial charge in [-0.15, -0.1) is 0 Å². The lowest BCUT2D eigenvalue weighted by Gasteiger charge is -2.21. The molecule has 0 aliphatic carbocycles. The minimum atomic E-state index is 0.168. The van der Waals surface area contributed by atoms with Crippen molar-refractivity contribution < 1.29 is 0 Å². The molecule has 2 heteroatoms. The second-order valence-corrected chi connectivity index (χ2v) is 3.63. The number of unbranched alkanes of at least 4 members (excludes halogenated alkanes) is 2. The van der Waals surface area contributed by atoms with Gasteiger partial charge in [-0.3, -0.25) is 0 Å². The molecule has 0 aromatic heterocycles. The molecular formula is C11H22N2. The molecule has 0 saturated heterocycles. The zero-order valence-electron chi connectivity index (χ0n) is 9.21. The second kappa shape index (κ2) is 8.07. The Morgan fingerprint density at radius 2 is 2.00 bits per heavy atom. The molecule has 13 heavy (non-hydrogen) atoms. The Balaban J connectivity index is 3.58. The molecule has 0 aliphatic heterocycles. The molecule has 0 spiro atoms. The predicted molar refractivity (Wildman–Crippen MR) is 56.4 cm³/mol. The van der Waals surface area contributed by atoms with Gasteiger partial charge in [0.05, 0.1) is 12.0 Å². The van der Waals surface area contributed by atoms with Crippen LogP contribution in [-0.2, 0) is 0 Å². The van der Waals surface area contributed by atoms with Gasteiger partial charge in [-0.25, -0.2) is 0 Å². The molecule has 0 saturated carbocycles. The van der Waals surface area contributed by atoms with Gasteiger partial charge in [0.25, 0.3) is 0 Å². The van der Waals surface area contributed by atoms with Gasteiger partial charge in [0.2, 0.25) is 0 Å². The summed E-state index contributed by atoms with van der Waals surface area (Å²) in [6.07, 6.45) is 3.84. The van der Waals surface area contributed by atoms with Crippen LogP contribution in [0.15, 0.2) is 0 Å². The van der Waals surface area contributed by atoms with Crippen LogP contribution in [-0.4, -0.2) is 24.5 Å². The quantitative estimate of drug-likeness (QED) is 0.566. The van der Waals surface area contributed by atoms with Crippen LogP contribution >= 0.6 is 0 Å². The first-order valence-electron chi connectivity index (χ1n) is 5.36. The van der Waals surface area contributed by atoms with E-state index in [4.69, 9.17) is 5.26 Å². The van der Waals surface area contributed by atoms with Crippen LogP contribution in [0, 0.1) is 17.2 Å². The Labute approximate surface area is 82.5 Å². The molecule has 0 aromatic rings. The zero-order valence-corrected chi connectivity index (χ0v) is 9.21. The third-order valence-corrected chi connectivity index (χ3v) is 2.28. The molecule has 0 radical (unpaired) electrons. The Bertz CT molecular complexity index is 149. The second-order valence-electron chi connectivity index (χ2n) is 3.63. The summed E-state index contributed by atoms with van der Waals surface area (Å²) in [5, 5.41) is 8.67. The molecule has 0 rings (SSSR count). The van der Waals surface area contributed by atoms with Gasteiger partial charge in [0, 0.05) is 6.54 Å². The lowest BCUT2D eigenvalue weighted by molar-refractivity contribution is 0.263. The highest BCUT2D eigenvalue weighted by molar-refractivity contribution is 4.81. The molecule has 0 bridgehead atoms. The molecular weight excluding hydrogens is 160 g/mol. The minimum Gasteiger partial charge on any atom is -0.302 e. The van der Waals surface area contributed by atoms with Gasteiger partial charge >= 0.3 is 0 Å². The minimum absolute atomic E-state index is 0.168. The van der Waals surface area contributed by atoms with Crippen molar-refractivity contribution in [1.82, 2.24) is 4.90 Å². The molecule has 1 atom stereocenters. The van der Waals surface area contributed by atoms with E-state index in [1.54, 1.807) is 0 Å². The first kappa shape index (κ1) is 12.4. The summed E-state index contributed by atoms with van der Waals surface area (Å²) in [6, 6.07) is 2.28. The standard InChI is InChI=1S/C11H22N2/c1-4-6-7-8-13(5-2)10-11(3)9-12/h11H,4-8,10H2,1-3H3. The molecule has 0 fully saturated rings. The van der Waals surface area contributed by atoms with Crippen LogP contribution in [0.1, 0.15) is 40.0 Å². The fourth-order valence-corrected chi connectivity index (χ4v) is 1.39. The third-order valence-electron chi connectivity index (χ3n) is 2.28. The number of hydrogen-bond acceptors (Lipinski definition) is 2. The molecule has 2 nitrogen and oxygen atoms in total. The van der Waals surface area contributed by atoms with Crippen LogP contribution in [0.5, 0.6) is 0 Å². The van der Waals surface area contributed by atoms with E-state index >= 15 is 0 Å². The van der Waals surface area contributed by atoms with E-state index in [1.165, 1.54) is 19.3 Å². The zero-order chi connectivity index (χ0) is 10.1. The van der Waals surface area contributed by atoms with Gasteiger partial charge in [0.1, 0.15) is 0 Å². The van der Waals surface area contributed by atoms with Crippen LogP contribution < -0.4 is 0 Å². The van der Waals surface area contributed by atoms with Gasteiger partial charge < -0.3 is 4.90 Å². The van der Waals surface area contributed by atoms with Crippen LogP contribution in [0.25, 0.3) is 0 Å². The summed E-state index contributed by atoms with van der Waals surface area (Å²) in [5.41, 5.74) is 0. The highest BCUT2D eigenvalue weighted by atomic mass is 15.1. The largest absolute Gasteiger partial charge is 0.302 e. The maximum atomic E-state index is 8.67. The Hall–Kier alpha value is -0.550. The van der Waals surface area contributed by atoms with Crippen LogP contribution in [0.4, 0.5) is 0 Å². The average molecular weight is 182 g/mol. The maximum Gasteiger partial charge on any atom is 0.0666 e. The lowest BCUT2D eigenvalue weighted by Crippen LogP contribution is -2.29. The van der Waals surface area contributed by atoms with Crippen LogP contribution in [0.3, 0.4) is 0 Å². The van der Waals surface area contributed by atoms with E-state index in [9.17, 15) is 0 Å². The van der Waals surface area contributed by atoms with Gasteiger partial charge in [-0.1, -0.05) is 26.7 Å². The van der Waals surface area contributed by atoms with Crippen LogP contribution in [0.2, 0.25) is 0 Å². The molecule has 0 amide bonds. The number of nitriles is 1. The van der Waals surface area contributed by atoms with Gasteiger partial charge in [-0.2, -0.15) is 5.26 Å². The molecule has 76 valence electrons. The monoisotopic (exact) mass is 182 g/mol. The van der Waals surface area contributed by atoms with Crippen molar-refractivity contribution in [3.8, 4) is 6.07 Å². The highest BCUT2D eigenvalue weighted by Gasteiger charge is 2.06. The number of rotatable bonds is 7. The molecule has 0 N–H and O–H groups in total. The van der Waals surface area contributed by atoms with Crippen molar-refractivity contribution in [1.29, 1.82) is 5.26 Å². The summed E-state index contributed by atoms with van der Waals surface area (Å²) in [5.74, 6) is 0.168. The SMILES string of the molecule is CCCCCN(CC)CC(C)C#N. The molecule has 1 unspecified atom stereocenters. The predicted octanol–water partition coefficient (Wildman–Crippen LogP) is 2.66. The van der Waals surface area contributed by atoms with E-state index in [-0.39, 0.29) is 5.92 Å². The summed E-state index contributed by atoms with van der Waals surface area (Å²) in [6.45, 7) is 9.51. The first-order chi connectivity index (χ1) is 6.24. The summed E-state index contributed by atoms with van der Waals surface area (Å²) in [4.78, 5) is 2.36. The summed E-state index contributed by atoms with van der Waals surface area (Å²) >= 11 is 0. The maximum absolute atomic E-state index is 8.67. The third kappa shape index (κ3) is 6.60. The molecule has 0 aromatic carbocycles. The fourth-order valence-electron chi connectivity index (χ4n) is 1.39. The summed E-state index contributed by atoms with van der Waals surface area (Å²) in [7, 11) is 0. The van der Waals surface area contributed by atoms with Crippen molar-refractivity contribution in [2.75, 3.05) is 19.6 Å². The first-order valence-corrected chi connectivity index (χ1v) is 5.36. The normalized spacial score (nSPS) is 12.8. The summed E-state index contributed by atoms with van der Waals surface area (Å²) < 4.78 is 0. The Kier molecular flexibility index (Phi) is 7.73. The topological polar surface area (TPSA) is 27.0 Å². The van der Waals surface area contributed by atoms with Crippen molar-refractivity contribution in [2.45, 2.75) is 40.0 Å². The van der Waals surface area contributed by atoms with E-state index in [1.807, 2.05) is 6.92 Å². The van der Waals surface area contributed by atoms with E-state index in [2.05, 4.69) is 24.8 Å². The van der Waals surface area contributed by atoms with Gasteiger partial charge in [-0.05, 0) is 26.4 Å². The van der Waals surface area contributed by atoms with Crippen molar-refractivity contribution in [3.05, 3.63) is 0 Å². The number of nitrogens with zero attached hydrogens (tertiary/aromatic N) is 2. The van der Waals surface area contributed by atoms with Gasteiger partial charge in [0.15, 0.2) is 0 Å². The average Bonchev–Trinajstić information content (AvgIpc) is 2.16. The number of hydrogen-bond donors (Lipinski definition) is 0. The lowest BCUT2D eigenvalue weighted by atomic mass is 10.2. The smallest absolute Gasteiger partial charge is 0.0666 e. The van der Waals surface area contributed by atoms with E-state index < -0.39 is 0 Å². The fraction of sp³-hybridized carbons (Fsp3) is 0.909. The Morgan fingerprint density at radius 1 is 1.31 bits per heavy atom. The van der Waals surface area contributed by atoms with E-state index in [0.29, 0.717) is 0 Å². The highest BCUT2D eigenvalue weighted by Crippen LogP contribution is 2.02. The van der Waals surface area contributed by atoms with Crippen molar-refractivity contribution in [3.63, 3.8) is 0 Å². The van der Waals surface area contributed by atoms with Crippen molar-refractivity contribution >= 4 is 0 Å². The van der Waals surface area contributed by atoms with E-state index in [0.717, 1.165) is 19.6 Å².